The van der Waals surface area contributed by atoms with Gasteiger partial charge in [0.1, 0.15) is 0 Å². The molecule has 0 spiro atoms. The first-order valence-electron chi connectivity index (χ1n) is 6.45. The summed E-state index contributed by atoms with van der Waals surface area (Å²) in [6.07, 6.45) is 5.41. The summed E-state index contributed by atoms with van der Waals surface area (Å²) in [6.45, 7) is 9.37. The fourth-order valence-electron chi connectivity index (χ4n) is 2.16. The lowest BCUT2D eigenvalue weighted by Crippen LogP contribution is -2.47. The van der Waals surface area contributed by atoms with Crippen molar-refractivity contribution in [1.29, 1.82) is 0 Å². The summed E-state index contributed by atoms with van der Waals surface area (Å²) in [5, 5.41) is 3.44. The van der Waals surface area contributed by atoms with Crippen LogP contribution in [0, 0.1) is 0 Å². The van der Waals surface area contributed by atoms with Crippen LogP contribution in [0.2, 0.25) is 0 Å². The Morgan fingerprint density at radius 2 is 2.25 bits per heavy atom. The first-order chi connectivity index (χ1) is 7.75. The molecule has 1 aliphatic heterocycles. The van der Waals surface area contributed by atoms with E-state index >= 15 is 0 Å². The molecule has 16 heavy (non-hydrogen) atoms. The summed E-state index contributed by atoms with van der Waals surface area (Å²) in [6, 6.07) is 0.879. The van der Waals surface area contributed by atoms with Crippen molar-refractivity contribution >= 4 is 0 Å². The van der Waals surface area contributed by atoms with E-state index in [0.717, 1.165) is 38.8 Å². The number of nitrogens with one attached hydrogen (secondary N) is 1. The van der Waals surface area contributed by atoms with Crippen molar-refractivity contribution < 1.29 is 4.74 Å². The first-order valence-corrected chi connectivity index (χ1v) is 6.45. The van der Waals surface area contributed by atoms with E-state index in [1.807, 2.05) is 0 Å². The summed E-state index contributed by atoms with van der Waals surface area (Å²) in [4.78, 5) is 2.59. The van der Waals surface area contributed by atoms with Crippen LogP contribution in [0.3, 0.4) is 0 Å². The van der Waals surface area contributed by atoms with Gasteiger partial charge in [-0.1, -0.05) is 11.6 Å². The third-order valence-corrected chi connectivity index (χ3v) is 3.26. The van der Waals surface area contributed by atoms with Crippen LogP contribution in [0.4, 0.5) is 0 Å². The molecule has 1 unspecified atom stereocenters. The Kier molecular flexibility index (Phi) is 4.38. The zero-order valence-electron chi connectivity index (χ0n) is 10.5. The van der Waals surface area contributed by atoms with E-state index < -0.39 is 0 Å². The molecule has 0 radical (unpaired) electrons. The second-order valence-corrected chi connectivity index (χ2v) is 5.16. The molecule has 92 valence electrons. The molecule has 1 saturated carbocycles. The fraction of sp³-hybridized carbons (Fsp3) is 0.846. The number of hydrogen-bond acceptors (Lipinski definition) is 3. The molecule has 2 fully saturated rings. The first kappa shape index (κ1) is 12.1. The molecule has 2 aliphatic rings. The van der Waals surface area contributed by atoms with Crippen LogP contribution >= 0.6 is 0 Å². The molecule has 3 nitrogen and oxygen atoms in total. The summed E-state index contributed by atoms with van der Waals surface area (Å²) in [5.74, 6) is 0. The summed E-state index contributed by atoms with van der Waals surface area (Å²) >= 11 is 0. The van der Waals surface area contributed by atoms with Gasteiger partial charge in [0.15, 0.2) is 0 Å². The Balaban J connectivity index is 1.63. The van der Waals surface area contributed by atoms with Gasteiger partial charge in [-0.15, -0.1) is 0 Å². The molecule has 0 aromatic carbocycles. The molecule has 2 rings (SSSR count). The van der Waals surface area contributed by atoms with Gasteiger partial charge in [-0.05, 0) is 26.7 Å². The molecule has 1 atom stereocenters. The van der Waals surface area contributed by atoms with Gasteiger partial charge >= 0.3 is 0 Å². The maximum absolute atomic E-state index is 5.77. The standard InChI is InChI=1S/C13H24N2O/c1-11(2)5-6-14-9-13-10-15(7-8-16-13)12-3-4-12/h5,12-14H,3-4,6-10H2,1-2H3. The quantitative estimate of drug-likeness (QED) is 0.564. The lowest BCUT2D eigenvalue weighted by atomic mass is 10.2. The molecule has 1 aliphatic carbocycles. The molecule has 3 heteroatoms. The minimum Gasteiger partial charge on any atom is -0.374 e. The van der Waals surface area contributed by atoms with E-state index in [0.29, 0.717) is 6.10 Å². The van der Waals surface area contributed by atoms with Crippen LogP contribution in [0.15, 0.2) is 11.6 Å². The number of hydrogen-bond donors (Lipinski definition) is 1. The van der Waals surface area contributed by atoms with Crippen molar-refractivity contribution in [3.8, 4) is 0 Å². The molecule has 0 amide bonds. The minimum absolute atomic E-state index is 0.389. The van der Waals surface area contributed by atoms with Gasteiger partial charge in [-0.2, -0.15) is 0 Å². The van der Waals surface area contributed by atoms with Crippen molar-refractivity contribution in [2.24, 2.45) is 0 Å². The smallest absolute Gasteiger partial charge is 0.0826 e. The van der Waals surface area contributed by atoms with Gasteiger partial charge in [0.2, 0.25) is 0 Å². The third-order valence-electron chi connectivity index (χ3n) is 3.26. The van der Waals surface area contributed by atoms with E-state index in [-0.39, 0.29) is 0 Å². The normalized spacial score (nSPS) is 26.8. The predicted octanol–water partition coefficient (Wildman–Crippen LogP) is 1.41. The van der Waals surface area contributed by atoms with Gasteiger partial charge in [-0.25, -0.2) is 0 Å². The summed E-state index contributed by atoms with van der Waals surface area (Å²) in [7, 11) is 0. The number of nitrogens with zero attached hydrogens (tertiary/aromatic N) is 1. The number of ether oxygens (including phenoxy) is 1. The average Bonchev–Trinajstić information content (AvgIpc) is 3.08. The highest BCUT2D eigenvalue weighted by Crippen LogP contribution is 2.27. The fourth-order valence-corrected chi connectivity index (χ4v) is 2.16. The van der Waals surface area contributed by atoms with Gasteiger partial charge < -0.3 is 10.1 Å². The molecule has 1 N–H and O–H groups in total. The van der Waals surface area contributed by atoms with Gasteiger partial charge in [0.25, 0.3) is 0 Å². The van der Waals surface area contributed by atoms with Crippen LogP contribution in [0.1, 0.15) is 26.7 Å². The van der Waals surface area contributed by atoms with E-state index in [1.165, 1.54) is 18.4 Å². The highest BCUT2D eigenvalue weighted by atomic mass is 16.5. The molecule has 1 saturated heterocycles. The van der Waals surface area contributed by atoms with Crippen LogP contribution in [0.25, 0.3) is 0 Å². The molecule has 1 heterocycles. The van der Waals surface area contributed by atoms with Gasteiger partial charge in [-0.3, -0.25) is 4.90 Å². The largest absolute Gasteiger partial charge is 0.374 e. The Morgan fingerprint density at radius 3 is 2.94 bits per heavy atom. The van der Waals surface area contributed by atoms with Gasteiger partial charge in [0.05, 0.1) is 12.7 Å². The maximum atomic E-state index is 5.77. The molecular weight excluding hydrogens is 200 g/mol. The molecule has 0 aromatic rings. The van der Waals surface area contributed by atoms with E-state index in [1.54, 1.807) is 0 Å². The van der Waals surface area contributed by atoms with Crippen LogP contribution in [-0.2, 0) is 4.74 Å². The lowest BCUT2D eigenvalue weighted by Gasteiger charge is -2.33. The zero-order valence-corrected chi connectivity index (χ0v) is 10.5. The second-order valence-electron chi connectivity index (χ2n) is 5.16. The monoisotopic (exact) mass is 224 g/mol. The predicted molar refractivity (Wildman–Crippen MR) is 66.6 cm³/mol. The summed E-state index contributed by atoms with van der Waals surface area (Å²) < 4.78 is 5.77. The minimum atomic E-state index is 0.389. The highest BCUT2D eigenvalue weighted by molar-refractivity contribution is 4.94. The lowest BCUT2D eigenvalue weighted by molar-refractivity contribution is -0.0296. The number of morpholine rings is 1. The number of allylic oxidation sites excluding steroid dienone is 1. The van der Waals surface area contributed by atoms with Crippen LogP contribution in [-0.4, -0.2) is 49.8 Å². The van der Waals surface area contributed by atoms with Gasteiger partial charge in [0, 0.05) is 32.2 Å². The zero-order chi connectivity index (χ0) is 11.4. The van der Waals surface area contributed by atoms with Crippen molar-refractivity contribution in [3.63, 3.8) is 0 Å². The average molecular weight is 224 g/mol. The van der Waals surface area contributed by atoms with Crippen molar-refractivity contribution in [3.05, 3.63) is 11.6 Å². The highest BCUT2D eigenvalue weighted by Gasteiger charge is 2.32. The third kappa shape index (κ3) is 3.89. The van der Waals surface area contributed by atoms with Crippen molar-refractivity contribution in [2.75, 3.05) is 32.8 Å². The van der Waals surface area contributed by atoms with Crippen LogP contribution in [0.5, 0.6) is 0 Å². The van der Waals surface area contributed by atoms with Crippen molar-refractivity contribution in [1.82, 2.24) is 10.2 Å². The molecule has 0 bridgehead atoms. The molecular formula is C13H24N2O. The Labute approximate surface area is 98.8 Å². The van der Waals surface area contributed by atoms with Crippen LogP contribution < -0.4 is 5.32 Å². The van der Waals surface area contributed by atoms with E-state index in [9.17, 15) is 0 Å². The topological polar surface area (TPSA) is 24.5 Å². The van der Waals surface area contributed by atoms with E-state index in [2.05, 4.69) is 30.1 Å². The number of rotatable bonds is 5. The molecule has 0 aromatic heterocycles. The Morgan fingerprint density at radius 1 is 1.44 bits per heavy atom. The van der Waals surface area contributed by atoms with E-state index in [4.69, 9.17) is 4.74 Å². The maximum Gasteiger partial charge on any atom is 0.0826 e. The Hall–Kier alpha value is -0.380. The SMILES string of the molecule is CC(C)=CCNCC1CN(C2CC2)CCO1. The van der Waals surface area contributed by atoms with Crippen molar-refractivity contribution in [2.45, 2.75) is 38.8 Å². The second kappa shape index (κ2) is 5.80. The Bertz CT molecular complexity index is 244. The summed E-state index contributed by atoms with van der Waals surface area (Å²) in [5.41, 5.74) is 1.37.